The zero-order valence-electron chi connectivity index (χ0n) is 14.5. The Morgan fingerprint density at radius 2 is 1.70 bits per heavy atom. The summed E-state index contributed by atoms with van der Waals surface area (Å²) in [5.74, 6) is -2.04. The van der Waals surface area contributed by atoms with Crippen LogP contribution in [0.3, 0.4) is 0 Å². The standard InChI is InChI=1S/C16H29NO5.K/c1-2-3-4-5-6-7-10-17(13-14-18,11-8-15(19)20)12-9-16(21)22;/h2-3,18H,4-14H2,1H3,(H-,19,20,21,22);/q;+1/b3-2+;. The molecule has 0 aromatic carbocycles. The van der Waals surface area contributed by atoms with Crippen molar-refractivity contribution in [1.29, 1.82) is 0 Å². The summed E-state index contributed by atoms with van der Waals surface area (Å²) in [6.45, 7) is 3.63. The Bertz CT molecular complexity index is 342. The van der Waals surface area contributed by atoms with Gasteiger partial charge in [-0.2, -0.15) is 0 Å². The van der Waals surface area contributed by atoms with Crippen molar-refractivity contribution >= 4 is 11.9 Å². The van der Waals surface area contributed by atoms with Crippen molar-refractivity contribution in [2.45, 2.75) is 45.4 Å². The number of carbonyl (C=O) groups excluding carboxylic acids is 1. The number of hydrogen-bond donors (Lipinski definition) is 2. The molecule has 0 radical (unpaired) electrons. The van der Waals surface area contributed by atoms with Crippen molar-refractivity contribution in [3.63, 3.8) is 0 Å². The second-order valence-electron chi connectivity index (χ2n) is 5.64. The van der Waals surface area contributed by atoms with Crippen LogP contribution in [0.15, 0.2) is 12.2 Å². The van der Waals surface area contributed by atoms with Crippen molar-refractivity contribution < 1.29 is 80.8 Å². The van der Waals surface area contributed by atoms with Gasteiger partial charge in [-0.05, 0) is 32.6 Å². The quantitative estimate of drug-likeness (QED) is 0.156. The Hall–Kier alpha value is 0.236. The maximum atomic E-state index is 10.8. The Kier molecular flexibility index (Phi) is 17.4. The molecule has 128 valence electrons. The molecule has 0 aromatic rings. The monoisotopic (exact) mass is 354 g/mol. The van der Waals surface area contributed by atoms with Gasteiger partial charge in [0.2, 0.25) is 0 Å². The van der Waals surface area contributed by atoms with E-state index in [4.69, 9.17) is 5.11 Å². The van der Waals surface area contributed by atoms with Gasteiger partial charge in [0.25, 0.3) is 0 Å². The first kappa shape index (κ1) is 25.5. The number of aliphatic hydroxyl groups excluding tert-OH is 1. The molecule has 0 fully saturated rings. The number of rotatable bonds is 14. The smallest absolute Gasteiger partial charge is 0.550 e. The van der Waals surface area contributed by atoms with Crippen molar-refractivity contribution in [2.24, 2.45) is 0 Å². The zero-order chi connectivity index (χ0) is 16.8. The molecule has 0 spiro atoms. The number of aliphatic carboxylic acids is 2. The molecular weight excluding hydrogens is 325 g/mol. The minimum atomic E-state index is -1.14. The van der Waals surface area contributed by atoms with Crippen LogP contribution in [0.1, 0.15) is 45.4 Å². The summed E-state index contributed by atoms with van der Waals surface area (Å²) in [5.41, 5.74) is 0. The van der Waals surface area contributed by atoms with Crippen molar-refractivity contribution in [1.82, 2.24) is 0 Å². The van der Waals surface area contributed by atoms with Crippen LogP contribution in [-0.2, 0) is 9.59 Å². The van der Waals surface area contributed by atoms with Crippen LogP contribution in [0.5, 0.6) is 0 Å². The summed E-state index contributed by atoms with van der Waals surface area (Å²) in [6.07, 6.45) is 7.96. The van der Waals surface area contributed by atoms with Crippen LogP contribution in [0.25, 0.3) is 0 Å². The Labute approximate surface area is 181 Å². The first-order valence-corrected chi connectivity index (χ1v) is 7.94. The van der Waals surface area contributed by atoms with Gasteiger partial charge in [-0.3, -0.25) is 4.79 Å². The molecule has 0 aliphatic heterocycles. The number of nitrogens with zero attached hydrogens (tertiary/aromatic N) is 1. The van der Waals surface area contributed by atoms with Gasteiger partial charge in [0.15, 0.2) is 0 Å². The van der Waals surface area contributed by atoms with Gasteiger partial charge in [0.1, 0.15) is 6.54 Å². The topological polar surface area (TPSA) is 97.7 Å². The Balaban J connectivity index is 0. The number of unbranched alkanes of at least 4 members (excludes halogenated alkanes) is 3. The van der Waals surface area contributed by atoms with E-state index >= 15 is 0 Å². The number of carboxylic acids is 2. The van der Waals surface area contributed by atoms with Gasteiger partial charge in [0, 0.05) is 12.4 Å². The number of quaternary nitrogens is 1. The van der Waals surface area contributed by atoms with Gasteiger partial charge in [-0.15, -0.1) is 0 Å². The minimum Gasteiger partial charge on any atom is -0.550 e. The van der Waals surface area contributed by atoms with Crippen molar-refractivity contribution in [3.05, 3.63) is 12.2 Å². The molecule has 1 atom stereocenters. The molecular formula is C16H29KNO5+. The molecule has 0 rings (SSSR count). The van der Waals surface area contributed by atoms with Gasteiger partial charge >= 0.3 is 57.4 Å². The van der Waals surface area contributed by atoms with Crippen molar-refractivity contribution in [3.8, 4) is 0 Å². The third kappa shape index (κ3) is 14.3. The molecule has 0 aliphatic carbocycles. The van der Waals surface area contributed by atoms with E-state index in [0.29, 0.717) is 30.7 Å². The van der Waals surface area contributed by atoms with Crippen LogP contribution >= 0.6 is 0 Å². The molecule has 0 saturated heterocycles. The molecule has 0 aromatic heterocycles. The van der Waals surface area contributed by atoms with E-state index in [1.54, 1.807) is 0 Å². The SMILES string of the molecule is C/C=C/CCCCC[N+](CCO)(CCC(=O)[O-])CCC(=O)O.[K+]. The van der Waals surface area contributed by atoms with E-state index in [2.05, 4.69) is 6.08 Å². The fourth-order valence-electron chi connectivity index (χ4n) is 2.60. The summed E-state index contributed by atoms with van der Waals surface area (Å²) in [5, 5.41) is 28.9. The average molecular weight is 355 g/mol. The molecule has 0 aliphatic rings. The number of carboxylic acid groups (broad SMARTS) is 2. The fourth-order valence-corrected chi connectivity index (χ4v) is 2.60. The maximum absolute atomic E-state index is 10.8. The third-order valence-electron chi connectivity index (χ3n) is 3.90. The maximum Gasteiger partial charge on any atom is 1.00 e. The van der Waals surface area contributed by atoms with E-state index < -0.39 is 11.9 Å². The Morgan fingerprint density at radius 1 is 1.04 bits per heavy atom. The van der Waals surface area contributed by atoms with E-state index in [9.17, 15) is 19.8 Å². The number of hydrogen-bond acceptors (Lipinski definition) is 4. The largest absolute Gasteiger partial charge is 1.00 e. The van der Waals surface area contributed by atoms with E-state index in [0.717, 1.165) is 25.7 Å². The molecule has 0 bridgehead atoms. The Morgan fingerprint density at radius 3 is 2.22 bits per heavy atom. The van der Waals surface area contributed by atoms with E-state index in [-0.39, 0.29) is 70.8 Å². The summed E-state index contributed by atoms with van der Waals surface area (Å²) in [4.78, 5) is 21.6. The number of aliphatic hydroxyl groups is 1. The van der Waals surface area contributed by atoms with Crippen LogP contribution < -0.4 is 56.5 Å². The normalized spacial score (nSPS) is 13.5. The second-order valence-corrected chi connectivity index (χ2v) is 5.64. The summed E-state index contributed by atoms with van der Waals surface area (Å²) < 4.78 is 0.334. The molecule has 6 nitrogen and oxygen atoms in total. The van der Waals surface area contributed by atoms with Crippen LogP contribution in [0.4, 0.5) is 0 Å². The van der Waals surface area contributed by atoms with Gasteiger partial charge < -0.3 is 24.6 Å². The molecule has 2 N–H and O–H groups in total. The number of allylic oxidation sites excluding steroid dienone is 2. The van der Waals surface area contributed by atoms with Crippen molar-refractivity contribution in [2.75, 3.05) is 32.8 Å². The van der Waals surface area contributed by atoms with E-state index in [1.165, 1.54) is 0 Å². The predicted octanol–water partition coefficient (Wildman–Crippen LogP) is -2.45. The van der Waals surface area contributed by atoms with Gasteiger partial charge in [-0.25, -0.2) is 0 Å². The molecule has 0 heterocycles. The average Bonchev–Trinajstić information content (AvgIpc) is 2.46. The summed E-state index contributed by atoms with van der Waals surface area (Å²) in [6, 6.07) is 0. The first-order valence-electron chi connectivity index (χ1n) is 7.94. The molecule has 0 amide bonds. The molecule has 0 saturated carbocycles. The van der Waals surface area contributed by atoms with Crippen LogP contribution in [-0.4, -0.2) is 59.4 Å². The predicted molar refractivity (Wildman–Crippen MR) is 82.0 cm³/mol. The molecule has 23 heavy (non-hydrogen) atoms. The number of carbonyl (C=O) groups is 2. The first-order chi connectivity index (χ1) is 10.5. The molecule has 1 unspecified atom stereocenters. The summed E-state index contributed by atoms with van der Waals surface area (Å²) in [7, 11) is 0. The molecule has 7 heteroatoms. The summed E-state index contributed by atoms with van der Waals surface area (Å²) >= 11 is 0. The van der Waals surface area contributed by atoms with Crippen LogP contribution in [0, 0.1) is 0 Å². The van der Waals surface area contributed by atoms with Gasteiger partial charge in [0.05, 0.1) is 32.7 Å². The zero-order valence-corrected chi connectivity index (χ0v) is 17.6. The van der Waals surface area contributed by atoms with Crippen LogP contribution in [0.2, 0.25) is 0 Å². The fraction of sp³-hybridized carbons (Fsp3) is 0.750. The van der Waals surface area contributed by atoms with E-state index in [1.807, 2.05) is 13.0 Å². The van der Waals surface area contributed by atoms with Gasteiger partial charge in [-0.1, -0.05) is 12.2 Å². The second kappa shape index (κ2) is 15.7. The minimum absolute atomic E-state index is 0. The third-order valence-corrected chi connectivity index (χ3v) is 3.90.